The SMILES string of the molecule is [2H]C([2H])(O)[C@H]1O[C@@H](n2cc(F)c(=O)[nH]c2=O)[C@@](N)(C#CCl)C1O. The van der Waals surface area contributed by atoms with Gasteiger partial charge in [-0.25, -0.2) is 4.79 Å². The van der Waals surface area contributed by atoms with Crippen molar-refractivity contribution in [3.05, 3.63) is 32.9 Å². The summed E-state index contributed by atoms with van der Waals surface area (Å²) < 4.78 is 33.5. The van der Waals surface area contributed by atoms with Crippen molar-refractivity contribution >= 4 is 11.6 Å². The molecule has 8 nitrogen and oxygen atoms in total. The minimum absolute atomic E-state index is 0.464. The summed E-state index contributed by atoms with van der Waals surface area (Å²) in [6, 6.07) is 0. The average Bonchev–Trinajstić information content (AvgIpc) is 2.67. The van der Waals surface area contributed by atoms with Crippen LogP contribution >= 0.6 is 11.6 Å². The van der Waals surface area contributed by atoms with Gasteiger partial charge in [0.2, 0.25) is 5.82 Å². The van der Waals surface area contributed by atoms with Crippen molar-refractivity contribution in [2.24, 2.45) is 5.73 Å². The lowest BCUT2D eigenvalue weighted by Gasteiger charge is -2.27. The number of aliphatic hydroxyl groups is 2. The molecular weight excluding hydrogens is 309 g/mol. The van der Waals surface area contributed by atoms with Gasteiger partial charge in [-0.2, -0.15) is 4.39 Å². The molecular formula is C11H11ClFN3O5. The fraction of sp³-hybridized carbons (Fsp3) is 0.455. The molecule has 0 aliphatic carbocycles. The number of H-pyrrole nitrogens is 1. The van der Waals surface area contributed by atoms with Gasteiger partial charge in [0, 0.05) is 5.38 Å². The van der Waals surface area contributed by atoms with Crippen LogP contribution in [-0.4, -0.2) is 44.1 Å². The lowest BCUT2D eigenvalue weighted by atomic mass is 9.92. The zero-order valence-corrected chi connectivity index (χ0v) is 11.0. The van der Waals surface area contributed by atoms with E-state index >= 15 is 0 Å². The Balaban J connectivity index is 2.64. The number of nitrogens with one attached hydrogen (secondary N) is 1. The third kappa shape index (κ3) is 2.48. The van der Waals surface area contributed by atoms with E-state index in [4.69, 9.17) is 24.8 Å². The molecule has 0 saturated carbocycles. The summed E-state index contributed by atoms with van der Waals surface area (Å²) in [5.41, 5.74) is 1.27. The Kier molecular flexibility index (Phi) is 3.46. The van der Waals surface area contributed by atoms with Gasteiger partial charge in [0.15, 0.2) is 11.8 Å². The standard InChI is InChI=1S/C11H11ClFN3O5/c12-2-1-11(14)7(18)6(4-17)21-9(11)16-3-5(13)8(19)15-10(16)20/h3,6-7,9,17-18H,4,14H2,(H,15,19,20)/t6-,7?,9-,11-/m1/s1/i4D2. The summed E-state index contributed by atoms with van der Waals surface area (Å²) in [5, 5.41) is 21.4. The number of aromatic amines is 1. The molecule has 1 aromatic heterocycles. The molecule has 2 rings (SSSR count). The number of nitrogens with zero attached hydrogens (tertiary/aromatic N) is 1. The Morgan fingerprint density at radius 1 is 1.71 bits per heavy atom. The highest BCUT2D eigenvalue weighted by molar-refractivity contribution is 6.30. The second-order valence-electron chi connectivity index (χ2n) is 4.28. The summed E-state index contributed by atoms with van der Waals surface area (Å²) in [6.07, 6.45) is -5.09. The van der Waals surface area contributed by atoms with E-state index in [2.05, 4.69) is 5.92 Å². The molecule has 0 spiro atoms. The van der Waals surface area contributed by atoms with Crippen LogP contribution in [0.2, 0.25) is 0 Å². The zero-order valence-electron chi connectivity index (χ0n) is 12.2. The summed E-state index contributed by atoms with van der Waals surface area (Å²) in [6.45, 7) is -3.04. The first-order valence-corrected chi connectivity index (χ1v) is 5.88. The topological polar surface area (TPSA) is 131 Å². The number of aliphatic hydroxyl groups excluding tert-OH is 1. The quantitative estimate of drug-likeness (QED) is 0.458. The molecule has 1 fully saturated rings. The van der Waals surface area contributed by atoms with Gasteiger partial charge in [0.25, 0.3) is 5.56 Å². The van der Waals surface area contributed by atoms with Gasteiger partial charge in [-0.15, -0.1) is 0 Å². The third-order valence-electron chi connectivity index (χ3n) is 3.03. The van der Waals surface area contributed by atoms with E-state index in [0.29, 0.717) is 10.8 Å². The molecule has 1 saturated heterocycles. The Labute approximate surface area is 124 Å². The third-order valence-corrected chi connectivity index (χ3v) is 3.12. The van der Waals surface area contributed by atoms with Gasteiger partial charge in [-0.3, -0.25) is 14.3 Å². The molecule has 1 aliphatic heterocycles. The van der Waals surface area contributed by atoms with E-state index < -0.39 is 47.6 Å². The van der Waals surface area contributed by atoms with Crippen molar-refractivity contribution < 1.29 is 22.1 Å². The number of hydrogen-bond acceptors (Lipinski definition) is 6. The van der Waals surface area contributed by atoms with Crippen molar-refractivity contribution in [3.63, 3.8) is 0 Å². The normalized spacial score (nSPS) is 33.9. The van der Waals surface area contributed by atoms with Gasteiger partial charge in [0.1, 0.15) is 12.2 Å². The molecule has 0 aromatic carbocycles. The molecule has 114 valence electrons. The van der Waals surface area contributed by atoms with E-state index in [9.17, 15) is 24.2 Å². The molecule has 1 aromatic rings. The van der Waals surface area contributed by atoms with Crippen molar-refractivity contribution in [2.75, 3.05) is 6.56 Å². The van der Waals surface area contributed by atoms with Crippen molar-refractivity contribution in [2.45, 2.75) is 24.0 Å². The van der Waals surface area contributed by atoms with Crippen molar-refractivity contribution in [1.82, 2.24) is 9.55 Å². The van der Waals surface area contributed by atoms with Crippen LogP contribution in [0.3, 0.4) is 0 Å². The highest BCUT2D eigenvalue weighted by Crippen LogP contribution is 2.35. The molecule has 0 bridgehead atoms. The molecule has 1 aliphatic rings. The molecule has 5 N–H and O–H groups in total. The molecule has 0 radical (unpaired) electrons. The minimum atomic E-state index is -3.04. The van der Waals surface area contributed by atoms with Crippen LogP contribution < -0.4 is 17.0 Å². The lowest BCUT2D eigenvalue weighted by molar-refractivity contribution is -0.0480. The first kappa shape index (κ1) is 13.0. The van der Waals surface area contributed by atoms with Crippen LogP contribution in [0.5, 0.6) is 0 Å². The number of rotatable bonds is 2. The van der Waals surface area contributed by atoms with E-state index in [1.54, 1.807) is 4.98 Å². The minimum Gasteiger partial charge on any atom is -0.394 e. The summed E-state index contributed by atoms with van der Waals surface area (Å²) in [4.78, 5) is 24.5. The number of hydrogen-bond donors (Lipinski definition) is 4. The van der Waals surface area contributed by atoms with Crippen LogP contribution in [0.4, 0.5) is 4.39 Å². The molecule has 2 heterocycles. The summed E-state index contributed by atoms with van der Waals surface area (Å²) in [5.74, 6) is 0.801. The fourth-order valence-corrected chi connectivity index (χ4v) is 2.14. The van der Waals surface area contributed by atoms with Crippen LogP contribution in [0.25, 0.3) is 0 Å². The Bertz CT molecular complexity index is 798. The zero-order chi connectivity index (χ0) is 17.6. The number of ether oxygens (including phenoxy) is 1. The van der Waals surface area contributed by atoms with Gasteiger partial charge in [-0.05, 0) is 11.6 Å². The first-order chi connectivity index (χ1) is 10.5. The summed E-state index contributed by atoms with van der Waals surface area (Å²) >= 11 is 5.26. The largest absolute Gasteiger partial charge is 0.394 e. The second-order valence-corrected chi connectivity index (χ2v) is 4.47. The van der Waals surface area contributed by atoms with Gasteiger partial charge >= 0.3 is 5.69 Å². The monoisotopic (exact) mass is 321 g/mol. The van der Waals surface area contributed by atoms with E-state index in [1.165, 1.54) is 0 Å². The first-order valence-electron chi connectivity index (χ1n) is 6.51. The molecule has 21 heavy (non-hydrogen) atoms. The highest BCUT2D eigenvalue weighted by atomic mass is 35.5. The molecule has 1 unspecified atom stereocenters. The molecule has 4 atom stereocenters. The van der Waals surface area contributed by atoms with E-state index in [-0.39, 0.29) is 0 Å². The second kappa shape index (κ2) is 5.59. The predicted molar refractivity (Wildman–Crippen MR) is 68.8 cm³/mol. The summed E-state index contributed by atoms with van der Waals surface area (Å²) in [7, 11) is 0. The number of nitrogens with two attached hydrogens (primary N) is 1. The fourth-order valence-electron chi connectivity index (χ4n) is 1.97. The van der Waals surface area contributed by atoms with Crippen LogP contribution in [-0.2, 0) is 4.74 Å². The van der Waals surface area contributed by atoms with Crippen molar-refractivity contribution in [1.29, 1.82) is 0 Å². The Morgan fingerprint density at radius 2 is 2.38 bits per heavy atom. The van der Waals surface area contributed by atoms with E-state index in [0.717, 1.165) is 0 Å². The van der Waals surface area contributed by atoms with Crippen LogP contribution in [0.15, 0.2) is 15.8 Å². The van der Waals surface area contributed by atoms with E-state index in [1.807, 2.05) is 5.38 Å². The van der Waals surface area contributed by atoms with Gasteiger partial charge in [-0.1, -0.05) is 5.92 Å². The maximum atomic E-state index is 13.4. The predicted octanol–water partition coefficient (Wildman–Crippen LogP) is -2.18. The molecule has 10 heteroatoms. The number of halogens is 2. The maximum absolute atomic E-state index is 13.4. The highest BCUT2D eigenvalue weighted by Gasteiger charge is 2.54. The Morgan fingerprint density at radius 3 is 2.95 bits per heavy atom. The lowest BCUT2D eigenvalue weighted by Crippen LogP contribution is -2.55. The van der Waals surface area contributed by atoms with Crippen LogP contribution in [0, 0.1) is 17.1 Å². The number of aromatic nitrogens is 2. The Hall–Kier alpha value is -1.70. The average molecular weight is 322 g/mol. The van der Waals surface area contributed by atoms with Crippen LogP contribution in [0.1, 0.15) is 8.97 Å². The van der Waals surface area contributed by atoms with Gasteiger partial charge < -0.3 is 20.7 Å². The van der Waals surface area contributed by atoms with Gasteiger partial charge in [0.05, 0.1) is 15.5 Å². The molecule has 0 amide bonds. The smallest absolute Gasteiger partial charge is 0.330 e. The maximum Gasteiger partial charge on any atom is 0.330 e. The van der Waals surface area contributed by atoms with Crippen molar-refractivity contribution in [3.8, 4) is 11.3 Å².